The number of carbonyl (C=O) groups is 1. The zero-order chi connectivity index (χ0) is 21.5. The van der Waals surface area contributed by atoms with E-state index < -0.39 is 0 Å². The fourth-order valence-corrected chi connectivity index (χ4v) is 3.67. The van der Waals surface area contributed by atoms with E-state index >= 15 is 0 Å². The molecule has 2 heterocycles. The van der Waals surface area contributed by atoms with E-state index in [1.807, 2.05) is 13.8 Å². The molecule has 0 bridgehead atoms. The molecule has 162 valence electrons. The first-order valence-corrected chi connectivity index (χ1v) is 10.8. The van der Waals surface area contributed by atoms with Crippen molar-refractivity contribution in [3.05, 3.63) is 51.8 Å². The number of carbonyl (C=O) groups excluding carboxylic acids is 1. The molecule has 3 rings (SSSR count). The van der Waals surface area contributed by atoms with Gasteiger partial charge in [0.1, 0.15) is 5.82 Å². The van der Waals surface area contributed by atoms with Crippen LogP contribution in [0.4, 0.5) is 5.82 Å². The maximum absolute atomic E-state index is 12.4. The summed E-state index contributed by atoms with van der Waals surface area (Å²) in [4.78, 5) is 26.8. The fourth-order valence-electron chi connectivity index (χ4n) is 3.48. The summed E-state index contributed by atoms with van der Waals surface area (Å²) in [6.07, 6.45) is 2.54. The lowest BCUT2D eigenvalue weighted by molar-refractivity contribution is -0.125. The molecule has 0 atom stereocenters. The maximum atomic E-state index is 12.4. The molecule has 1 aromatic carbocycles. The molecule has 2 aromatic rings. The van der Waals surface area contributed by atoms with Crippen molar-refractivity contribution in [3.8, 4) is 5.69 Å². The van der Waals surface area contributed by atoms with Crippen LogP contribution >= 0.6 is 11.6 Å². The number of hydrogen-bond acceptors (Lipinski definition) is 5. The summed E-state index contributed by atoms with van der Waals surface area (Å²) in [5.74, 6) is 0.835. The molecule has 1 N–H and O–H groups in total. The topological polar surface area (TPSA) is 76.5 Å². The standard InChI is InChI=1S/C22H29ClN4O3/c1-16(2)30-14-4-11-24-22(29)17-9-12-26(13-10-17)20-7-8-21(28)27(25-20)19-6-3-5-18(23)15-19/h3,5-8,15-17H,4,9-14H2,1-2H3,(H,24,29). The highest BCUT2D eigenvalue weighted by molar-refractivity contribution is 6.30. The van der Waals surface area contributed by atoms with Gasteiger partial charge in [0.2, 0.25) is 5.91 Å². The second-order valence-corrected chi connectivity index (χ2v) is 8.18. The van der Waals surface area contributed by atoms with Gasteiger partial charge in [-0.15, -0.1) is 5.10 Å². The van der Waals surface area contributed by atoms with E-state index in [0.717, 1.165) is 38.2 Å². The number of aromatic nitrogens is 2. The Labute approximate surface area is 182 Å². The molecular weight excluding hydrogens is 404 g/mol. The highest BCUT2D eigenvalue weighted by Crippen LogP contribution is 2.22. The maximum Gasteiger partial charge on any atom is 0.271 e. The van der Waals surface area contributed by atoms with Crippen molar-refractivity contribution in [3.63, 3.8) is 0 Å². The number of benzene rings is 1. The van der Waals surface area contributed by atoms with Gasteiger partial charge in [-0.25, -0.2) is 0 Å². The number of ether oxygens (including phenoxy) is 1. The molecule has 1 aliphatic heterocycles. The third kappa shape index (κ3) is 6.06. The van der Waals surface area contributed by atoms with Gasteiger partial charge in [-0.05, 0) is 57.4 Å². The zero-order valence-corrected chi connectivity index (χ0v) is 18.3. The number of nitrogens with one attached hydrogen (secondary N) is 1. The first-order chi connectivity index (χ1) is 14.4. The van der Waals surface area contributed by atoms with E-state index in [4.69, 9.17) is 16.3 Å². The number of anilines is 1. The smallest absolute Gasteiger partial charge is 0.271 e. The quantitative estimate of drug-likeness (QED) is 0.649. The van der Waals surface area contributed by atoms with Crippen LogP contribution in [0.15, 0.2) is 41.2 Å². The van der Waals surface area contributed by atoms with Crippen molar-refractivity contribution < 1.29 is 9.53 Å². The second-order valence-electron chi connectivity index (χ2n) is 7.75. The minimum atomic E-state index is -0.211. The summed E-state index contributed by atoms with van der Waals surface area (Å²) in [5.41, 5.74) is 0.418. The van der Waals surface area contributed by atoms with E-state index in [0.29, 0.717) is 23.9 Å². The third-order valence-corrected chi connectivity index (χ3v) is 5.34. The van der Waals surface area contributed by atoms with Crippen molar-refractivity contribution in [2.75, 3.05) is 31.1 Å². The molecule has 1 amide bonds. The average Bonchev–Trinajstić information content (AvgIpc) is 2.73. The van der Waals surface area contributed by atoms with Crippen LogP contribution in [0, 0.1) is 5.92 Å². The molecule has 0 unspecified atom stereocenters. The molecule has 8 heteroatoms. The lowest BCUT2D eigenvalue weighted by Gasteiger charge is -2.32. The molecule has 30 heavy (non-hydrogen) atoms. The number of nitrogens with zero attached hydrogens (tertiary/aromatic N) is 3. The molecule has 0 spiro atoms. The van der Waals surface area contributed by atoms with Gasteiger partial charge in [0.15, 0.2) is 0 Å². The van der Waals surface area contributed by atoms with Crippen LogP contribution in [0.3, 0.4) is 0 Å². The highest BCUT2D eigenvalue weighted by atomic mass is 35.5. The molecule has 7 nitrogen and oxygen atoms in total. The number of halogens is 1. The SMILES string of the molecule is CC(C)OCCCNC(=O)C1CCN(c2ccc(=O)n(-c3cccc(Cl)c3)n2)CC1. The van der Waals surface area contributed by atoms with Gasteiger partial charge in [0.25, 0.3) is 5.56 Å². The predicted molar refractivity (Wildman–Crippen MR) is 118 cm³/mol. The number of rotatable bonds is 8. The lowest BCUT2D eigenvalue weighted by atomic mass is 9.96. The third-order valence-electron chi connectivity index (χ3n) is 5.10. The van der Waals surface area contributed by atoms with E-state index in [-0.39, 0.29) is 23.5 Å². The summed E-state index contributed by atoms with van der Waals surface area (Å²) >= 11 is 6.05. The molecule has 1 saturated heterocycles. The normalized spacial score (nSPS) is 14.9. The first-order valence-electron chi connectivity index (χ1n) is 10.4. The van der Waals surface area contributed by atoms with Crippen molar-refractivity contribution in [2.24, 2.45) is 5.92 Å². The van der Waals surface area contributed by atoms with Crippen LogP contribution in [0.1, 0.15) is 33.1 Å². The number of amides is 1. The largest absolute Gasteiger partial charge is 0.379 e. The van der Waals surface area contributed by atoms with Crippen LogP contribution < -0.4 is 15.8 Å². The van der Waals surface area contributed by atoms with Gasteiger partial charge >= 0.3 is 0 Å². The van der Waals surface area contributed by atoms with Gasteiger partial charge in [-0.2, -0.15) is 4.68 Å². The summed E-state index contributed by atoms with van der Waals surface area (Å²) in [7, 11) is 0. The van der Waals surface area contributed by atoms with E-state index in [2.05, 4.69) is 15.3 Å². The van der Waals surface area contributed by atoms with Crippen LogP contribution in [0.25, 0.3) is 5.69 Å². The predicted octanol–water partition coefficient (Wildman–Crippen LogP) is 3.03. The monoisotopic (exact) mass is 432 g/mol. The average molecular weight is 433 g/mol. The van der Waals surface area contributed by atoms with Gasteiger partial charge in [-0.1, -0.05) is 17.7 Å². The Kier molecular flexibility index (Phi) is 7.87. The summed E-state index contributed by atoms with van der Waals surface area (Å²) in [6, 6.07) is 10.3. The molecule has 1 aromatic heterocycles. The Morgan fingerprint density at radius 2 is 2.03 bits per heavy atom. The number of piperidine rings is 1. The lowest BCUT2D eigenvalue weighted by Crippen LogP contribution is -2.41. The van der Waals surface area contributed by atoms with Crippen LogP contribution in [0.2, 0.25) is 5.02 Å². The molecule has 0 radical (unpaired) electrons. The van der Waals surface area contributed by atoms with Crippen molar-refractivity contribution in [2.45, 2.75) is 39.2 Å². The Balaban J connectivity index is 1.54. The second kappa shape index (κ2) is 10.6. The molecule has 0 saturated carbocycles. The fraction of sp³-hybridized carbons (Fsp3) is 0.500. The Hall–Kier alpha value is -2.38. The Morgan fingerprint density at radius 3 is 2.73 bits per heavy atom. The number of hydrogen-bond donors (Lipinski definition) is 1. The van der Waals surface area contributed by atoms with Gasteiger partial charge < -0.3 is 15.0 Å². The Bertz CT molecular complexity index is 907. The first kappa shape index (κ1) is 22.3. The van der Waals surface area contributed by atoms with Gasteiger partial charge in [0.05, 0.1) is 11.8 Å². The minimum Gasteiger partial charge on any atom is -0.379 e. The molecule has 0 aliphatic carbocycles. The summed E-state index contributed by atoms with van der Waals surface area (Å²) in [5, 5.41) is 8.08. The highest BCUT2D eigenvalue weighted by Gasteiger charge is 2.25. The zero-order valence-electron chi connectivity index (χ0n) is 17.5. The van der Waals surface area contributed by atoms with E-state index in [1.54, 1.807) is 30.3 Å². The van der Waals surface area contributed by atoms with Crippen LogP contribution in [-0.4, -0.2) is 48.0 Å². The minimum absolute atomic E-state index is 0.00565. The van der Waals surface area contributed by atoms with Gasteiger partial charge in [0, 0.05) is 43.2 Å². The van der Waals surface area contributed by atoms with E-state index in [9.17, 15) is 9.59 Å². The molecular formula is C22H29ClN4O3. The summed E-state index contributed by atoms with van der Waals surface area (Å²) in [6.45, 7) is 6.73. The van der Waals surface area contributed by atoms with Crippen molar-refractivity contribution in [1.29, 1.82) is 0 Å². The molecule has 1 fully saturated rings. The Morgan fingerprint density at radius 1 is 1.27 bits per heavy atom. The molecule has 1 aliphatic rings. The van der Waals surface area contributed by atoms with E-state index in [1.165, 1.54) is 10.7 Å². The van der Waals surface area contributed by atoms with Crippen molar-refractivity contribution in [1.82, 2.24) is 15.1 Å². The van der Waals surface area contributed by atoms with Crippen LogP contribution in [-0.2, 0) is 9.53 Å². The summed E-state index contributed by atoms with van der Waals surface area (Å²) < 4.78 is 6.85. The van der Waals surface area contributed by atoms with Crippen molar-refractivity contribution >= 4 is 23.3 Å². The van der Waals surface area contributed by atoms with Crippen LogP contribution in [0.5, 0.6) is 0 Å². The van der Waals surface area contributed by atoms with Gasteiger partial charge in [-0.3, -0.25) is 9.59 Å².